The second kappa shape index (κ2) is 2.60. The molecular weight excluding hydrogens is 292 g/mol. The van der Waals surface area contributed by atoms with Crippen LogP contribution < -0.4 is 0 Å². The number of fused-ring (bicyclic) bond motifs is 2. The second-order valence-corrected chi connectivity index (χ2v) is 7.75. The average molecular weight is 302 g/mol. The van der Waals surface area contributed by atoms with Gasteiger partial charge in [0.15, 0.2) is 0 Å². The first-order chi connectivity index (χ1) is 6.19. The lowest BCUT2D eigenvalue weighted by Crippen LogP contribution is -2.04. The number of benzene rings is 1. The van der Waals surface area contributed by atoms with Gasteiger partial charge in [0, 0.05) is 0 Å². The summed E-state index contributed by atoms with van der Waals surface area (Å²) in [6, 6.07) is 8.82. The van der Waals surface area contributed by atoms with Crippen LogP contribution in [0.5, 0.6) is 0 Å². The van der Waals surface area contributed by atoms with E-state index in [1.54, 1.807) is 11.1 Å². The van der Waals surface area contributed by atoms with Gasteiger partial charge in [0.1, 0.15) is 0 Å². The highest BCUT2D eigenvalue weighted by atomic mass is 79.9. The molecule has 0 radical (unpaired) electrons. The highest BCUT2D eigenvalue weighted by molar-refractivity contribution is 9.25. The zero-order valence-electron chi connectivity index (χ0n) is 7.13. The number of hydrogen-bond acceptors (Lipinski definition) is 0. The van der Waals surface area contributed by atoms with Crippen LogP contribution in [0.1, 0.15) is 11.1 Å². The molecule has 2 aliphatic rings. The van der Waals surface area contributed by atoms with E-state index in [-0.39, 0.29) is 3.23 Å². The highest BCUT2D eigenvalue weighted by Crippen LogP contribution is 2.66. The molecule has 0 amide bonds. The summed E-state index contributed by atoms with van der Waals surface area (Å²) in [6.45, 7) is 0. The summed E-state index contributed by atoms with van der Waals surface area (Å²) >= 11 is 7.51. The lowest BCUT2D eigenvalue weighted by molar-refractivity contribution is 0.648. The fraction of sp³-hybridized carbons (Fsp3) is 0.455. The van der Waals surface area contributed by atoms with Crippen LogP contribution in [0.15, 0.2) is 24.3 Å². The van der Waals surface area contributed by atoms with Crippen LogP contribution in [0, 0.1) is 11.8 Å². The molecule has 0 spiro atoms. The van der Waals surface area contributed by atoms with Gasteiger partial charge in [-0.15, -0.1) is 0 Å². The highest BCUT2D eigenvalue weighted by Gasteiger charge is 2.62. The first-order valence-corrected chi connectivity index (χ1v) is 6.23. The van der Waals surface area contributed by atoms with Crippen molar-refractivity contribution in [2.75, 3.05) is 0 Å². The molecule has 0 saturated heterocycles. The van der Waals surface area contributed by atoms with E-state index < -0.39 is 0 Å². The number of rotatable bonds is 0. The molecule has 0 bridgehead atoms. The quantitative estimate of drug-likeness (QED) is 0.643. The minimum absolute atomic E-state index is 0.249. The molecule has 1 aromatic carbocycles. The van der Waals surface area contributed by atoms with Gasteiger partial charge in [-0.1, -0.05) is 56.1 Å². The molecule has 2 aliphatic carbocycles. The minimum Gasteiger partial charge on any atom is -0.0721 e. The Balaban J connectivity index is 1.99. The molecule has 0 N–H and O–H groups in total. The van der Waals surface area contributed by atoms with Crippen LogP contribution in [-0.4, -0.2) is 3.23 Å². The normalized spacial score (nSPS) is 33.4. The summed E-state index contributed by atoms with van der Waals surface area (Å²) in [5.41, 5.74) is 3.09. The Morgan fingerprint density at radius 1 is 1.00 bits per heavy atom. The first kappa shape index (κ1) is 8.49. The van der Waals surface area contributed by atoms with Gasteiger partial charge in [-0.25, -0.2) is 0 Å². The van der Waals surface area contributed by atoms with Crippen molar-refractivity contribution in [1.82, 2.24) is 0 Å². The molecule has 0 aliphatic heterocycles. The third-order valence-corrected chi connectivity index (χ3v) is 5.72. The molecule has 13 heavy (non-hydrogen) atoms. The second-order valence-electron chi connectivity index (χ2n) is 4.06. The molecule has 2 atom stereocenters. The summed E-state index contributed by atoms with van der Waals surface area (Å²) < 4.78 is 0.249. The predicted molar refractivity (Wildman–Crippen MR) is 61.4 cm³/mol. The summed E-state index contributed by atoms with van der Waals surface area (Å²) in [5.74, 6) is 1.62. The molecule has 2 heteroatoms. The Labute approximate surface area is 95.0 Å². The molecule has 3 rings (SSSR count). The van der Waals surface area contributed by atoms with Crippen molar-refractivity contribution in [2.24, 2.45) is 11.8 Å². The fourth-order valence-electron chi connectivity index (χ4n) is 2.45. The van der Waals surface area contributed by atoms with Crippen molar-refractivity contribution in [3.63, 3.8) is 0 Å². The lowest BCUT2D eigenvalue weighted by atomic mass is 9.92. The molecular formula is C11H10Br2. The van der Waals surface area contributed by atoms with Gasteiger partial charge in [0.25, 0.3) is 0 Å². The van der Waals surface area contributed by atoms with Crippen LogP contribution in [0.2, 0.25) is 0 Å². The van der Waals surface area contributed by atoms with Crippen LogP contribution in [0.25, 0.3) is 0 Å². The molecule has 1 fully saturated rings. The molecule has 0 unspecified atom stereocenters. The van der Waals surface area contributed by atoms with E-state index in [2.05, 4.69) is 56.1 Å². The number of alkyl halides is 2. The summed E-state index contributed by atoms with van der Waals surface area (Å²) in [5, 5.41) is 0. The predicted octanol–water partition coefficient (Wildman–Crippen LogP) is 3.52. The lowest BCUT2D eigenvalue weighted by Gasteiger charge is -2.12. The van der Waals surface area contributed by atoms with Crippen molar-refractivity contribution in [3.8, 4) is 0 Å². The van der Waals surface area contributed by atoms with E-state index in [0.717, 1.165) is 11.8 Å². The maximum atomic E-state index is 3.76. The van der Waals surface area contributed by atoms with Gasteiger partial charge in [-0.2, -0.15) is 0 Å². The first-order valence-electron chi connectivity index (χ1n) is 4.64. The van der Waals surface area contributed by atoms with Crippen molar-refractivity contribution >= 4 is 31.9 Å². The third-order valence-electron chi connectivity index (χ3n) is 3.36. The molecule has 0 aromatic heterocycles. The summed E-state index contributed by atoms with van der Waals surface area (Å²) in [4.78, 5) is 0. The maximum absolute atomic E-state index is 3.76. The fourth-order valence-corrected chi connectivity index (χ4v) is 4.11. The van der Waals surface area contributed by atoms with E-state index in [9.17, 15) is 0 Å². The average Bonchev–Trinajstić information content (AvgIpc) is 2.66. The molecule has 0 heterocycles. The van der Waals surface area contributed by atoms with Crippen molar-refractivity contribution in [3.05, 3.63) is 35.4 Å². The van der Waals surface area contributed by atoms with Gasteiger partial charge in [-0.05, 0) is 35.8 Å². The Kier molecular flexibility index (Phi) is 1.70. The van der Waals surface area contributed by atoms with Gasteiger partial charge in [0.05, 0.1) is 3.23 Å². The van der Waals surface area contributed by atoms with E-state index in [1.165, 1.54) is 12.8 Å². The van der Waals surface area contributed by atoms with Gasteiger partial charge >= 0.3 is 0 Å². The van der Waals surface area contributed by atoms with Crippen molar-refractivity contribution in [1.29, 1.82) is 0 Å². The van der Waals surface area contributed by atoms with E-state index in [4.69, 9.17) is 0 Å². The zero-order chi connectivity index (χ0) is 9.05. The number of halogens is 2. The maximum Gasteiger partial charge on any atom is 0.0875 e. The van der Waals surface area contributed by atoms with Gasteiger partial charge in [0.2, 0.25) is 0 Å². The van der Waals surface area contributed by atoms with Crippen LogP contribution in [0.4, 0.5) is 0 Å². The Morgan fingerprint density at radius 3 is 1.92 bits per heavy atom. The largest absolute Gasteiger partial charge is 0.0875 e. The zero-order valence-corrected chi connectivity index (χ0v) is 10.3. The Bertz CT molecular complexity index is 324. The van der Waals surface area contributed by atoms with Gasteiger partial charge < -0.3 is 0 Å². The Morgan fingerprint density at radius 2 is 1.46 bits per heavy atom. The monoisotopic (exact) mass is 300 g/mol. The summed E-state index contributed by atoms with van der Waals surface area (Å²) in [6.07, 6.45) is 2.47. The third kappa shape index (κ3) is 1.15. The number of hydrogen-bond donors (Lipinski definition) is 0. The van der Waals surface area contributed by atoms with Crippen LogP contribution >= 0.6 is 31.9 Å². The topological polar surface area (TPSA) is 0 Å². The van der Waals surface area contributed by atoms with Crippen LogP contribution in [0.3, 0.4) is 0 Å². The minimum atomic E-state index is 0.249. The molecule has 0 nitrogen and oxygen atoms in total. The van der Waals surface area contributed by atoms with E-state index in [1.807, 2.05) is 0 Å². The van der Waals surface area contributed by atoms with E-state index >= 15 is 0 Å². The SMILES string of the molecule is BrC1(Br)[C@H]2Cc3ccccc3C[C@@H]21. The van der Waals surface area contributed by atoms with Crippen molar-refractivity contribution < 1.29 is 0 Å². The van der Waals surface area contributed by atoms with E-state index in [0.29, 0.717) is 0 Å². The summed E-state index contributed by atoms with van der Waals surface area (Å²) in [7, 11) is 0. The van der Waals surface area contributed by atoms with Crippen LogP contribution in [-0.2, 0) is 12.8 Å². The molecule has 1 saturated carbocycles. The smallest absolute Gasteiger partial charge is 0.0721 e. The van der Waals surface area contributed by atoms with Gasteiger partial charge in [-0.3, -0.25) is 0 Å². The Hall–Kier alpha value is 0.180. The van der Waals surface area contributed by atoms with Crippen molar-refractivity contribution in [2.45, 2.75) is 16.1 Å². The molecule has 1 aromatic rings. The molecule has 68 valence electrons. The standard InChI is InChI=1S/C11H10Br2/c12-11(13)9-5-7-3-1-2-4-8(7)6-10(9)11/h1-4,9-10H,5-6H2/t9-,10-/m0/s1.